The monoisotopic (exact) mass is 298 g/mol. The van der Waals surface area contributed by atoms with Gasteiger partial charge in [-0.3, -0.25) is 0 Å². The van der Waals surface area contributed by atoms with Gasteiger partial charge in [-0.25, -0.2) is 4.98 Å². The van der Waals surface area contributed by atoms with E-state index >= 15 is 0 Å². The first-order chi connectivity index (χ1) is 6.81. The van der Waals surface area contributed by atoms with Gasteiger partial charge in [0.05, 0.1) is 5.52 Å². The van der Waals surface area contributed by atoms with E-state index in [1.807, 2.05) is 18.2 Å². The molecule has 0 amide bonds. The average Bonchev–Trinajstić information content (AvgIpc) is 2.18. The lowest BCUT2D eigenvalue weighted by atomic mass is 10.2. The summed E-state index contributed by atoms with van der Waals surface area (Å²) >= 11 is 2.33. The van der Waals surface area contributed by atoms with Gasteiger partial charge < -0.3 is 5.32 Å². The van der Waals surface area contributed by atoms with Crippen LogP contribution in [0.3, 0.4) is 0 Å². The summed E-state index contributed by atoms with van der Waals surface area (Å²) in [6, 6.07) is 10.3. The molecular formula is C11H11IN2. The standard InChI is InChI=1S/C11H11IN2/c1-2-13-11-7-6-8-9(12)4-3-5-10(8)14-11/h3-7H,2H2,1H3,(H,13,14). The van der Waals surface area contributed by atoms with E-state index in [-0.39, 0.29) is 0 Å². The van der Waals surface area contributed by atoms with Gasteiger partial charge in [-0.05, 0) is 53.8 Å². The van der Waals surface area contributed by atoms with Crippen LogP contribution in [0, 0.1) is 3.57 Å². The highest BCUT2D eigenvalue weighted by Crippen LogP contribution is 2.20. The number of anilines is 1. The van der Waals surface area contributed by atoms with Gasteiger partial charge >= 0.3 is 0 Å². The third-order valence-electron chi connectivity index (χ3n) is 2.04. The predicted molar refractivity (Wildman–Crippen MR) is 68.6 cm³/mol. The molecule has 0 radical (unpaired) electrons. The topological polar surface area (TPSA) is 24.9 Å². The van der Waals surface area contributed by atoms with E-state index in [0.717, 1.165) is 17.9 Å². The first-order valence-corrected chi connectivity index (χ1v) is 5.68. The summed E-state index contributed by atoms with van der Waals surface area (Å²) in [5.74, 6) is 0.946. The van der Waals surface area contributed by atoms with Gasteiger partial charge in [-0.1, -0.05) is 6.07 Å². The lowest BCUT2D eigenvalue weighted by Gasteiger charge is -2.04. The van der Waals surface area contributed by atoms with E-state index in [2.05, 4.69) is 51.9 Å². The number of fused-ring (bicyclic) bond motifs is 1. The molecule has 1 heterocycles. The number of hydrogen-bond acceptors (Lipinski definition) is 2. The molecule has 0 unspecified atom stereocenters. The van der Waals surface area contributed by atoms with E-state index in [0.29, 0.717) is 0 Å². The predicted octanol–water partition coefficient (Wildman–Crippen LogP) is 3.27. The number of rotatable bonds is 2. The van der Waals surface area contributed by atoms with Crippen LogP contribution in [-0.4, -0.2) is 11.5 Å². The molecule has 1 aromatic carbocycles. The number of nitrogens with zero attached hydrogens (tertiary/aromatic N) is 1. The second kappa shape index (κ2) is 4.13. The maximum absolute atomic E-state index is 4.51. The number of halogens is 1. The minimum atomic E-state index is 0.905. The maximum Gasteiger partial charge on any atom is 0.126 e. The van der Waals surface area contributed by atoms with Crippen molar-refractivity contribution in [1.29, 1.82) is 0 Å². The van der Waals surface area contributed by atoms with Crippen LogP contribution in [0.25, 0.3) is 10.9 Å². The molecule has 3 heteroatoms. The Morgan fingerprint density at radius 2 is 2.14 bits per heavy atom. The molecule has 0 spiro atoms. The third-order valence-corrected chi connectivity index (χ3v) is 2.98. The van der Waals surface area contributed by atoms with Crippen molar-refractivity contribution in [3.05, 3.63) is 33.9 Å². The summed E-state index contributed by atoms with van der Waals surface area (Å²) in [6.07, 6.45) is 0. The number of pyridine rings is 1. The second-order valence-corrected chi connectivity index (χ2v) is 4.20. The van der Waals surface area contributed by atoms with Crippen molar-refractivity contribution in [3.8, 4) is 0 Å². The van der Waals surface area contributed by atoms with Crippen LogP contribution in [0.2, 0.25) is 0 Å². The lowest BCUT2D eigenvalue weighted by molar-refractivity contribution is 1.17. The smallest absolute Gasteiger partial charge is 0.126 e. The van der Waals surface area contributed by atoms with Gasteiger partial charge in [0.25, 0.3) is 0 Å². The van der Waals surface area contributed by atoms with Crippen LogP contribution in [-0.2, 0) is 0 Å². The highest BCUT2D eigenvalue weighted by atomic mass is 127. The van der Waals surface area contributed by atoms with Crippen LogP contribution in [0.1, 0.15) is 6.92 Å². The minimum absolute atomic E-state index is 0.905. The Kier molecular flexibility index (Phi) is 2.86. The summed E-state index contributed by atoms with van der Waals surface area (Å²) in [4.78, 5) is 4.51. The van der Waals surface area contributed by atoms with Crippen molar-refractivity contribution in [1.82, 2.24) is 4.98 Å². The van der Waals surface area contributed by atoms with Crippen molar-refractivity contribution in [2.45, 2.75) is 6.92 Å². The second-order valence-electron chi connectivity index (χ2n) is 3.03. The van der Waals surface area contributed by atoms with Gasteiger partial charge in [0.1, 0.15) is 5.82 Å². The molecule has 0 aliphatic heterocycles. The van der Waals surface area contributed by atoms with Crippen LogP contribution in [0.4, 0.5) is 5.82 Å². The summed E-state index contributed by atoms with van der Waals surface area (Å²) in [6.45, 7) is 2.98. The summed E-state index contributed by atoms with van der Waals surface area (Å²) < 4.78 is 1.25. The highest BCUT2D eigenvalue weighted by molar-refractivity contribution is 14.1. The van der Waals surface area contributed by atoms with Crippen LogP contribution < -0.4 is 5.32 Å². The van der Waals surface area contributed by atoms with Crippen LogP contribution in [0.15, 0.2) is 30.3 Å². The van der Waals surface area contributed by atoms with Crippen LogP contribution >= 0.6 is 22.6 Å². The van der Waals surface area contributed by atoms with Crippen molar-refractivity contribution in [3.63, 3.8) is 0 Å². The fraction of sp³-hybridized carbons (Fsp3) is 0.182. The van der Waals surface area contributed by atoms with E-state index in [4.69, 9.17) is 0 Å². The van der Waals surface area contributed by atoms with E-state index in [1.54, 1.807) is 0 Å². The number of hydrogen-bond donors (Lipinski definition) is 1. The van der Waals surface area contributed by atoms with E-state index in [9.17, 15) is 0 Å². The van der Waals surface area contributed by atoms with Gasteiger partial charge in [0, 0.05) is 15.5 Å². The quantitative estimate of drug-likeness (QED) is 0.861. The third kappa shape index (κ3) is 1.82. The van der Waals surface area contributed by atoms with Crippen molar-refractivity contribution >= 4 is 39.3 Å². The Morgan fingerprint density at radius 3 is 2.93 bits per heavy atom. The summed E-state index contributed by atoms with van der Waals surface area (Å²) in [5, 5.41) is 4.42. The number of aromatic nitrogens is 1. The van der Waals surface area contributed by atoms with Crippen molar-refractivity contribution in [2.75, 3.05) is 11.9 Å². The molecule has 0 aliphatic carbocycles. The number of nitrogens with one attached hydrogen (secondary N) is 1. The fourth-order valence-electron chi connectivity index (χ4n) is 1.40. The maximum atomic E-state index is 4.51. The molecule has 2 nitrogen and oxygen atoms in total. The zero-order valence-corrected chi connectivity index (χ0v) is 10.1. The first-order valence-electron chi connectivity index (χ1n) is 4.60. The molecule has 0 aliphatic rings. The fourth-order valence-corrected chi connectivity index (χ4v) is 2.06. The largest absolute Gasteiger partial charge is 0.370 e. The van der Waals surface area contributed by atoms with Gasteiger partial charge in [0.15, 0.2) is 0 Å². The molecule has 0 saturated heterocycles. The molecule has 1 N–H and O–H groups in total. The Bertz CT molecular complexity index is 454. The molecule has 0 bridgehead atoms. The average molecular weight is 298 g/mol. The summed E-state index contributed by atoms with van der Waals surface area (Å²) in [5.41, 5.74) is 1.05. The molecule has 2 aromatic rings. The lowest BCUT2D eigenvalue weighted by Crippen LogP contribution is -1.98. The molecule has 0 fully saturated rings. The van der Waals surface area contributed by atoms with Gasteiger partial charge in [-0.2, -0.15) is 0 Å². The highest BCUT2D eigenvalue weighted by Gasteiger charge is 1.99. The first kappa shape index (κ1) is 9.71. The zero-order chi connectivity index (χ0) is 9.97. The molecule has 1 aromatic heterocycles. The molecule has 0 saturated carbocycles. The van der Waals surface area contributed by atoms with E-state index < -0.39 is 0 Å². The van der Waals surface area contributed by atoms with Crippen molar-refractivity contribution < 1.29 is 0 Å². The normalized spacial score (nSPS) is 10.4. The molecule has 2 rings (SSSR count). The molecule has 72 valence electrons. The Labute approximate surface area is 96.9 Å². The van der Waals surface area contributed by atoms with Gasteiger partial charge in [0.2, 0.25) is 0 Å². The zero-order valence-electron chi connectivity index (χ0n) is 7.92. The Balaban J connectivity index is 2.56. The SMILES string of the molecule is CCNc1ccc2c(I)cccc2n1. The van der Waals surface area contributed by atoms with Gasteiger partial charge in [-0.15, -0.1) is 0 Å². The molecular weight excluding hydrogens is 287 g/mol. The minimum Gasteiger partial charge on any atom is -0.370 e. The van der Waals surface area contributed by atoms with Crippen molar-refractivity contribution in [2.24, 2.45) is 0 Å². The van der Waals surface area contributed by atoms with E-state index in [1.165, 1.54) is 8.96 Å². The molecule has 0 atom stereocenters. The molecule has 14 heavy (non-hydrogen) atoms. The Morgan fingerprint density at radius 1 is 1.29 bits per heavy atom. The summed E-state index contributed by atoms with van der Waals surface area (Å²) in [7, 11) is 0. The van der Waals surface area contributed by atoms with Crippen LogP contribution in [0.5, 0.6) is 0 Å². The number of benzene rings is 1. The Hall–Kier alpha value is -0.840.